The zero-order chi connectivity index (χ0) is 17.5. The van der Waals surface area contributed by atoms with Crippen molar-refractivity contribution >= 4 is 29.2 Å². The summed E-state index contributed by atoms with van der Waals surface area (Å²) in [6.07, 6.45) is 0. The predicted molar refractivity (Wildman–Crippen MR) is 92.5 cm³/mol. The van der Waals surface area contributed by atoms with Gasteiger partial charge >= 0.3 is 5.97 Å². The molecule has 1 N–H and O–H groups in total. The summed E-state index contributed by atoms with van der Waals surface area (Å²) < 4.78 is 10.1. The minimum absolute atomic E-state index is 0.262. The van der Waals surface area contributed by atoms with Crippen LogP contribution < -0.4 is 10.1 Å². The Balaban J connectivity index is 1.74. The van der Waals surface area contributed by atoms with Gasteiger partial charge in [-0.1, -0.05) is 35.4 Å². The standard InChI is InChI=1S/C18H18ClNO4/c1-12-3-6-14(7-4-12)23-11-18(22)24-10-17(21)20-16-8-5-13(2)9-15(16)19/h3-9H,10-11H2,1-2H3,(H,20,21). The van der Waals surface area contributed by atoms with Crippen molar-refractivity contribution in [2.24, 2.45) is 0 Å². The van der Waals surface area contributed by atoms with Gasteiger partial charge in [0.15, 0.2) is 13.2 Å². The molecule has 0 radical (unpaired) electrons. The molecule has 0 spiro atoms. The summed E-state index contributed by atoms with van der Waals surface area (Å²) in [6.45, 7) is 3.19. The van der Waals surface area contributed by atoms with Crippen molar-refractivity contribution in [3.63, 3.8) is 0 Å². The van der Waals surface area contributed by atoms with Gasteiger partial charge in [-0.05, 0) is 43.7 Å². The van der Waals surface area contributed by atoms with Crippen LogP contribution in [0.1, 0.15) is 11.1 Å². The molecule has 1 amide bonds. The van der Waals surface area contributed by atoms with Crippen molar-refractivity contribution in [1.82, 2.24) is 0 Å². The molecule has 0 unspecified atom stereocenters. The largest absolute Gasteiger partial charge is 0.482 e. The second-order valence-corrected chi connectivity index (χ2v) is 5.70. The summed E-state index contributed by atoms with van der Waals surface area (Å²) in [5, 5.41) is 3.01. The number of halogens is 1. The van der Waals surface area contributed by atoms with Gasteiger partial charge in [-0.3, -0.25) is 4.79 Å². The van der Waals surface area contributed by atoms with Crippen LogP contribution in [0, 0.1) is 13.8 Å². The number of rotatable bonds is 6. The van der Waals surface area contributed by atoms with Crippen molar-refractivity contribution in [3.8, 4) is 5.75 Å². The van der Waals surface area contributed by atoms with Crippen LogP contribution in [-0.4, -0.2) is 25.1 Å². The lowest BCUT2D eigenvalue weighted by Crippen LogP contribution is -2.23. The minimum atomic E-state index is -0.624. The Morgan fingerprint density at radius 2 is 1.67 bits per heavy atom. The monoisotopic (exact) mass is 347 g/mol. The lowest BCUT2D eigenvalue weighted by molar-refractivity contribution is -0.149. The van der Waals surface area contributed by atoms with E-state index in [-0.39, 0.29) is 6.61 Å². The molecule has 2 aromatic carbocycles. The summed E-state index contributed by atoms with van der Waals surface area (Å²) in [4.78, 5) is 23.4. The number of hydrogen-bond donors (Lipinski definition) is 1. The number of anilines is 1. The summed E-state index contributed by atoms with van der Waals surface area (Å²) in [5.41, 5.74) is 2.55. The highest BCUT2D eigenvalue weighted by Gasteiger charge is 2.10. The molecule has 0 atom stereocenters. The number of carbonyl (C=O) groups excluding carboxylic acids is 2. The summed E-state index contributed by atoms with van der Waals surface area (Å²) >= 11 is 6.02. The van der Waals surface area contributed by atoms with Gasteiger partial charge in [0, 0.05) is 0 Å². The third kappa shape index (κ3) is 5.59. The first-order valence-corrected chi connectivity index (χ1v) is 7.73. The first-order chi connectivity index (χ1) is 11.4. The van der Waals surface area contributed by atoms with Crippen LogP contribution in [-0.2, 0) is 14.3 Å². The van der Waals surface area contributed by atoms with Gasteiger partial charge < -0.3 is 14.8 Å². The van der Waals surface area contributed by atoms with Crippen molar-refractivity contribution in [1.29, 1.82) is 0 Å². The number of benzene rings is 2. The Morgan fingerprint density at radius 1 is 1.00 bits per heavy atom. The fraction of sp³-hybridized carbons (Fsp3) is 0.222. The van der Waals surface area contributed by atoms with Gasteiger partial charge in [-0.2, -0.15) is 0 Å². The molecule has 126 valence electrons. The number of carbonyl (C=O) groups is 2. The van der Waals surface area contributed by atoms with E-state index in [0.29, 0.717) is 16.5 Å². The van der Waals surface area contributed by atoms with Crippen molar-refractivity contribution in [2.45, 2.75) is 13.8 Å². The average molecular weight is 348 g/mol. The van der Waals surface area contributed by atoms with Gasteiger partial charge in [-0.25, -0.2) is 4.79 Å². The topological polar surface area (TPSA) is 64.6 Å². The molecule has 0 aliphatic heterocycles. The van der Waals surface area contributed by atoms with Crippen LogP contribution in [0.3, 0.4) is 0 Å². The molecule has 0 heterocycles. The van der Waals surface area contributed by atoms with Crippen molar-refractivity contribution < 1.29 is 19.1 Å². The van der Waals surface area contributed by atoms with E-state index in [1.54, 1.807) is 24.3 Å². The van der Waals surface area contributed by atoms with Gasteiger partial charge in [0.05, 0.1) is 10.7 Å². The number of ether oxygens (including phenoxy) is 2. The van der Waals surface area contributed by atoms with Crippen LogP contribution in [0.2, 0.25) is 5.02 Å². The number of hydrogen-bond acceptors (Lipinski definition) is 4. The Labute approximate surface area is 145 Å². The quantitative estimate of drug-likeness (QED) is 0.812. The number of esters is 1. The first-order valence-electron chi connectivity index (χ1n) is 7.35. The lowest BCUT2D eigenvalue weighted by Gasteiger charge is -2.09. The fourth-order valence-electron chi connectivity index (χ4n) is 1.87. The van der Waals surface area contributed by atoms with E-state index < -0.39 is 18.5 Å². The molecular formula is C18H18ClNO4. The molecule has 0 aromatic heterocycles. The second kappa shape index (κ2) is 8.36. The molecule has 2 aromatic rings. The highest BCUT2D eigenvalue weighted by Crippen LogP contribution is 2.22. The maximum Gasteiger partial charge on any atom is 0.344 e. The van der Waals surface area contributed by atoms with E-state index in [4.69, 9.17) is 21.1 Å². The Bertz CT molecular complexity index is 728. The highest BCUT2D eigenvalue weighted by molar-refractivity contribution is 6.33. The molecule has 0 saturated carbocycles. The molecule has 0 aliphatic carbocycles. The molecular weight excluding hydrogens is 330 g/mol. The van der Waals surface area contributed by atoms with Crippen molar-refractivity contribution in [2.75, 3.05) is 18.5 Å². The van der Waals surface area contributed by atoms with E-state index in [1.807, 2.05) is 32.0 Å². The number of amides is 1. The zero-order valence-corrected chi connectivity index (χ0v) is 14.2. The summed E-state index contributed by atoms with van der Waals surface area (Å²) in [5.74, 6) is -0.529. The van der Waals surface area contributed by atoms with E-state index >= 15 is 0 Å². The smallest absolute Gasteiger partial charge is 0.344 e. The van der Waals surface area contributed by atoms with Gasteiger partial charge in [-0.15, -0.1) is 0 Å². The number of aryl methyl sites for hydroxylation is 2. The van der Waals surface area contributed by atoms with Gasteiger partial charge in [0.1, 0.15) is 5.75 Å². The molecule has 2 rings (SSSR count). The summed E-state index contributed by atoms with van der Waals surface area (Å²) in [6, 6.07) is 12.5. The van der Waals surface area contributed by atoms with Crippen LogP contribution in [0.15, 0.2) is 42.5 Å². The molecule has 6 heteroatoms. The van der Waals surface area contributed by atoms with E-state index in [1.165, 1.54) is 0 Å². The third-order valence-electron chi connectivity index (χ3n) is 3.14. The molecule has 0 aliphatic rings. The van der Waals surface area contributed by atoms with Crippen LogP contribution >= 0.6 is 11.6 Å². The van der Waals surface area contributed by atoms with Crippen LogP contribution in [0.5, 0.6) is 5.75 Å². The molecule has 5 nitrogen and oxygen atoms in total. The van der Waals surface area contributed by atoms with Crippen molar-refractivity contribution in [3.05, 3.63) is 58.6 Å². The average Bonchev–Trinajstić information content (AvgIpc) is 2.55. The zero-order valence-electron chi connectivity index (χ0n) is 13.5. The molecule has 0 bridgehead atoms. The maximum atomic E-state index is 11.8. The Hall–Kier alpha value is -2.53. The maximum absolute atomic E-state index is 11.8. The van der Waals surface area contributed by atoms with Crippen LogP contribution in [0.25, 0.3) is 0 Å². The molecule has 0 saturated heterocycles. The second-order valence-electron chi connectivity index (χ2n) is 5.29. The lowest BCUT2D eigenvalue weighted by atomic mass is 10.2. The fourth-order valence-corrected chi connectivity index (χ4v) is 2.15. The predicted octanol–water partition coefficient (Wildman–Crippen LogP) is 3.52. The van der Waals surface area contributed by atoms with E-state index in [2.05, 4.69) is 5.32 Å². The van der Waals surface area contributed by atoms with Gasteiger partial charge in [0.25, 0.3) is 5.91 Å². The minimum Gasteiger partial charge on any atom is -0.482 e. The Kier molecular flexibility index (Phi) is 6.21. The Morgan fingerprint density at radius 3 is 2.33 bits per heavy atom. The summed E-state index contributed by atoms with van der Waals surface area (Å²) in [7, 11) is 0. The third-order valence-corrected chi connectivity index (χ3v) is 3.45. The van der Waals surface area contributed by atoms with E-state index in [0.717, 1.165) is 11.1 Å². The molecule has 0 fully saturated rings. The molecule has 24 heavy (non-hydrogen) atoms. The van der Waals surface area contributed by atoms with Crippen LogP contribution in [0.4, 0.5) is 5.69 Å². The number of nitrogens with one attached hydrogen (secondary N) is 1. The van der Waals surface area contributed by atoms with Gasteiger partial charge in [0.2, 0.25) is 0 Å². The first kappa shape index (κ1) is 17.8. The van der Waals surface area contributed by atoms with E-state index in [9.17, 15) is 9.59 Å². The normalized spacial score (nSPS) is 10.1. The highest BCUT2D eigenvalue weighted by atomic mass is 35.5. The SMILES string of the molecule is Cc1ccc(OCC(=O)OCC(=O)Nc2ccc(C)cc2Cl)cc1.